The molecule has 1 aromatic rings. The van der Waals surface area contributed by atoms with Crippen LogP contribution in [0.1, 0.15) is 82.9 Å². The van der Waals surface area contributed by atoms with Crippen molar-refractivity contribution in [2.45, 2.75) is 83.6 Å². The molecule has 2 aliphatic carbocycles. The van der Waals surface area contributed by atoms with E-state index >= 15 is 0 Å². The molecular formula is C20H32N4O. The molecule has 1 saturated heterocycles. The fraction of sp³-hybridized carbons (Fsp3) is 0.850. The zero-order valence-corrected chi connectivity index (χ0v) is 15.6. The molecule has 1 spiro atoms. The van der Waals surface area contributed by atoms with E-state index in [0.717, 1.165) is 31.9 Å². The summed E-state index contributed by atoms with van der Waals surface area (Å²) in [6.07, 6.45) is 14.1. The van der Waals surface area contributed by atoms with Crippen LogP contribution < -0.4 is 0 Å². The molecule has 1 aliphatic heterocycles. The molecule has 3 fully saturated rings. The van der Waals surface area contributed by atoms with Crippen molar-refractivity contribution in [2.75, 3.05) is 13.1 Å². The van der Waals surface area contributed by atoms with Crippen LogP contribution in [-0.4, -0.2) is 38.7 Å². The van der Waals surface area contributed by atoms with Crippen molar-refractivity contribution in [3.8, 4) is 0 Å². The van der Waals surface area contributed by atoms with Gasteiger partial charge in [-0.25, -0.2) is 0 Å². The first-order valence-electron chi connectivity index (χ1n) is 10.4. The lowest BCUT2D eigenvalue weighted by Crippen LogP contribution is -2.32. The summed E-state index contributed by atoms with van der Waals surface area (Å²) >= 11 is 0. The zero-order chi connectivity index (χ0) is 17.3. The van der Waals surface area contributed by atoms with Crippen molar-refractivity contribution in [3.63, 3.8) is 0 Å². The van der Waals surface area contributed by atoms with Crippen LogP contribution in [0.2, 0.25) is 0 Å². The Hall–Kier alpha value is -1.39. The molecule has 25 heavy (non-hydrogen) atoms. The molecule has 1 unspecified atom stereocenters. The summed E-state index contributed by atoms with van der Waals surface area (Å²) in [4.78, 5) is 15.2. The summed E-state index contributed by atoms with van der Waals surface area (Å²) in [5.74, 6) is 2.49. The van der Waals surface area contributed by atoms with Gasteiger partial charge >= 0.3 is 0 Å². The summed E-state index contributed by atoms with van der Waals surface area (Å²) in [6, 6.07) is 0. The van der Waals surface area contributed by atoms with Gasteiger partial charge in [0.15, 0.2) is 0 Å². The second kappa shape index (κ2) is 7.08. The lowest BCUT2D eigenvalue weighted by atomic mass is 9.76. The van der Waals surface area contributed by atoms with Crippen molar-refractivity contribution in [3.05, 3.63) is 12.2 Å². The lowest BCUT2D eigenvalue weighted by molar-refractivity contribution is -0.131. The Labute approximate surface area is 151 Å². The highest BCUT2D eigenvalue weighted by atomic mass is 16.2. The Kier molecular flexibility index (Phi) is 4.83. The Balaban J connectivity index is 1.51. The Morgan fingerprint density at radius 2 is 1.96 bits per heavy atom. The molecule has 0 radical (unpaired) electrons. The van der Waals surface area contributed by atoms with E-state index in [1.54, 1.807) is 0 Å². The quantitative estimate of drug-likeness (QED) is 0.836. The van der Waals surface area contributed by atoms with Crippen molar-refractivity contribution >= 4 is 5.91 Å². The van der Waals surface area contributed by atoms with Gasteiger partial charge in [0.25, 0.3) is 0 Å². The highest BCUT2D eigenvalue weighted by molar-refractivity contribution is 5.77. The first kappa shape index (κ1) is 17.0. The van der Waals surface area contributed by atoms with Crippen LogP contribution in [0.3, 0.4) is 0 Å². The highest BCUT2D eigenvalue weighted by Gasteiger charge is 2.51. The van der Waals surface area contributed by atoms with E-state index < -0.39 is 0 Å². The SMILES string of the molecule is CCn1cnnc1C1CN(C(=O)CC2CCCCC2)CC12CCCC2. The van der Waals surface area contributed by atoms with Gasteiger partial charge in [-0.05, 0) is 43.9 Å². The van der Waals surface area contributed by atoms with Gasteiger partial charge in [0.05, 0.1) is 0 Å². The standard InChI is InChI=1S/C20H32N4O/c1-2-23-15-21-22-19(23)17-13-24(14-20(17)10-6-7-11-20)18(25)12-16-8-4-3-5-9-16/h15-17H,2-14H2,1H3. The zero-order valence-electron chi connectivity index (χ0n) is 15.6. The molecule has 0 bridgehead atoms. The van der Waals surface area contributed by atoms with Crippen LogP contribution in [0.15, 0.2) is 6.33 Å². The molecule has 138 valence electrons. The van der Waals surface area contributed by atoms with Crippen LogP contribution in [0.5, 0.6) is 0 Å². The summed E-state index contributed by atoms with van der Waals surface area (Å²) in [6.45, 7) is 4.85. The molecular weight excluding hydrogens is 312 g/mol. The van der Waals surface area contributed by atoms with Gasteiger partial charge < -0.3 is 9.47 Å². The van der Waals surface area contributed by atoms with Crippen molar-refractivity contribution in [1.82, 2.24) is 19.7 Å². The number of hydrogen-bond donors (Lipinski definition) is 0. The maximum atomic E-state index is 13.0. The fourth-order valence-electron chi connectivity index (χ4n) is 5.64. The normalized spacial score (nSPS) is 26.6. The van der Waals surface area contributed by atoms with E-state index in [4.69, 9.17) is 0 Å². The number of aromatic nitrogens is 3. The predicted octanol–water partition coefficient (Wildman–Crippen LogP) is 3.75. The van der Waals surface area contributed by atoms with E-state index in [2.05, 4.69) is 26.6 Å². The third-order valence-corrected chi connectivity index (χ3v) is 7.09. The smallest absolute Gasteiger partial charge is 0.222 e. The van der Waals surface area contributed by atoms with Gasteiger partial charge in [0, 0.05) is 32.0 Å². The van der Waals surface area contributed by atoms with Gasteiger partial charge in [-0.3, -0.25) is 4.79 Å². The summed E-state index contributed by atoms with van der Waals surface area (Å²) in [5.41, 5.74) is 0.252. The molecule has 4 rings (SSSR count). The number of hydrogen-bond acceptors (Lipinski definition) is 3. The summed E-state index contributed by atoms with van der Waals surface area (Å²) in [5, 5.41) is 8.64. The molecule has 3 aliphatic rings. The van der Waals surface area contributed by atoms with Gasteiger partial charge in [-0.2, -0.15) is 0 Å². The second-order valence-corrected chi connectivity index (χ2v) is 8.58. The largest absolute Gasteiger partial charge is 0.341 e. The first-order valence-corrected chi connectivity index (χ1v) is 10.4. The van der Waals surface area contributed by atoms with Crippen molar-refractivity contribution < 1.29 is 4.79 Å². The second-order valence-electron chi connectivity index (χ2n) is 8.58. The molecule has 5 heteroatoms. The number of carbonyl (C=O) groups excluding carboxylic acids is 1. The molecule has 0 aromatic carbocycles. The topological polar surface area (TPSA) is 51.0 Å². The van der Waals surface area contributed by atoms with Gasteiger partial charge in [-0.1, -0.05) is 32.1 Å². The van der Waals surface area contributed by atoms with E-state index in [9.17, 15) is 4.79 Å². The van der Waals surface area contributed by atoms with E-state index in [1.807, 2.05) is 6.33 Å². The predicted molar refractivity (Wildman–Crippen MR) is 97.1 cm³/mol. The van der Waals surface area contributed by atoms with Gasteiger partial charge in [-0.15, -0.1) is 10.2 Å². The number of aryl methyl sites for hydroxylation is 1. The minimum Gasteiger partial charge on any atom is -0.341 e. The van der Waals surface area contributed by atoms with E-state index in [1.165, 1.54) is 57.8 Å². The maximum Gasteiger partial charge on any atom is 0.222 e. The van der Waals surface area contributed by atoms with Crippen LogP contribution in [0.4, 0.5) is 0 Å². The maximum absolute atomic E-state index is 13.0. The number of carbonyl (C=O) groups is 1. The molecule has 1 aromatic heterocycles. The fourth-order valence-corrected chi connectivity index (χ4v) is 5.64. The number of likely N-dealkylation sites (tertiary alicyclic amines) is 1. The van der Waals surface area contributed by atoms with E-state index in [-0.39, 0.29) is 5.41 Å². The Bertz CT molecular complexity index is 599. The molecule has 2 saturated carbocycles. The molecule has 5 nitrogen and oxygen atoms in total. The average molecular weight is 345 g/mol. The Morgan fingerprint density at radius 1 is 1.20 bits per heavy atom. The summed E-state index contributed by atoms with van der Waals surface area (Å²) < 4.78 is 2.18. The molecule has 1 amide bonds. The third-order valence-electron chi connectivity index (χ3n) is 7.09. The minimum absolute atomic E-state index is 0.252. The van der Waals surface area contributed by atoms with E-state index in [0.29, 0.717) is 17.7 Å². The third kappa shape index (κ3) is 3.22. The number of rotatable bonds is 4. The molecule has 1 atom stereocenters. The van der Waals surface area contributed by atoms with Gasteiger partial charge in [0.2, 0.25) is 5.91 Å². The molecule has 2 heterocycles. The number of nitrogens with zero attached hydrogens (tertiary/aromatic N) is 4. The lowest BCUT2D eigenvalue weighted by Gasteiger charge is -2.29. The van der Waals surface area contributed by atoms with Gasteiger partial charge in [0.1, 0.15) is 12.2 Å². The van der Waals surface area contributed by atoms with Crippen LogP contribution >= 0.6 is 0 Å². The monoisotopic (exact) mass is 344 g/mol. The van der Waals surface area contributed by atoms with Crippen molar-refractivity contribution in [1.29, 1.82) is 0 Å². The average Bonchev–Trinajstić information content (AvgIpc) is 3.36. The first-order chi connectivity index (χ1) is 12.2. The van der Waals surface area contributed by atoms with Crippen LogP contribution in [0, 0.1) is 11.3 Å². The highest BCUT2D eigenvalue weighted by Crippen LogP contribution is 2.53. The molecule has 0 N–H and O–H groups in total. The minimum atomic E-state index is 0.252. The number of amides is 1. The van der Waals surface area contributed by atoms with Crippen LogP contribution in [0.25, 0.3) is 0 Å². The van der Waals surface area contributed by atoms with Crippen molar-refractivity contribution in [2.24, 2.45) is 11.3 Å². The Morgan fingerprint density at radius 3 is 2.68 bits per heavy atom. The summed E-state index contributed by atoms with van der Waals surface area (Å²) in [7, 11) is 0. The van der Waals surface area contributed by atoms with Crippen LogP contribution in [-0.2, 0) is 11.3 Å².